The van der Waals surface area contributed by atoms with E-state index in [1.165, 1.54) is 28.8 Å². The van der Waals surface area contributed by atoms with Crippen LogP contribution in [0.4, 0.5) is 4.39 Å². The van der Waals surface area contributed by atoms with E-state index in [4.69, 9.17) is 21.7 Å². The van der Waals surface area contributed by atoms with Gasteiger partial charge in [0.25, 0.3) is 5.91 Å². The molecule has 32 heavy (non-hydrogen) atoms. The van der Waals surface area contributed by atoms with Gasteiger partial charge in [-0.2, -0.15) is 5.10 Å². The van der Waals surface area contributed by atoms with E-state index in [9.17, 15) is 9.18 Å². The number of aromatic nitrogens is 2. The van der Waals surface area contributed by atoms with E-state index in [0.717, 1.165) is 16.8 Å². The summed E-state index contributed by atoms with van der Waals surface area (Å²) in [5.41, 5.74) is 3.00. The number of rotatable bonds is 5. The molecule has 2 aromatic carbocycles. The quantitative estimate of drug-likeness (QED) is 0.283. The molecule has 1 fully saturated rings. The molecule has 4 aromatic rings. The zero-order valence-corrected chi connectivity index (χ0v) is 18.3. The van der Waals surface area contributed by atoms with Gasteiger partial charge in [0, 0.05) is 17.3 Å². The Morgan fingerprint density at radius 3 is 2.56 bits per heavy atom. The van der Waals surface area contributed by atoms with Gasteiger partial charge in [0.1, 0.15) is 15.9 Å². The number of carbonyl (C=O) groups excluding carboxylic acids is 1. The van der Waals surface area contributed by atoms with Gasteiger partial charge in [0.05, 0.1) is 29.1 Å². The van der Waals surface area contributed by atoms with Crippen LogP contribution in [-0.4, -0.2) is 24.9 Å². The summed E-state index contributed by atoms with van der Waals surface area (Å²) in [4.78, 5) is 15.1. The summed E-state index contributed by atoms with van der Waals surface area (Å²) in [5.74, 6) is 0.150. The van der Waals surface area contributed by atoms with Crippen molar-refractivity contribution in [2.75, 3.05) is 0 Å². The minimum atomic E-state index is -0.323. The Morgan fingerprint density at radius 2 is 1.84 bits per heavy atom. The molecule has 3 heterocycles. The Balaban J connectivity index is 1.54. The third-order valence-electron chi connectivity index (χ3n) is 4.94. The molecule has 2 aromatic heterocycles. The molecule has 0 unspecified atom stereocenters. The monoisotopic (exact) mass is 461 g/mol. The number of amides is 1. The van der Waals surface area contributed by atoms with Crippen LogP contribution in [-0.2, 0) is 11.3 Å². The lowest BCUT2D eigenvalue weighted by Gasteiger charge is -2.11. The topological polar surface area (TPSA) is 51.3 Å². The Labute approximate surface area is 193 Å². The molecule has 0 bridgehead atoms. The SMILES string of the molecule is O=C1C(=Cc2cn(-c3ccccc3)nc2-c2ccc(F)cc2)SC(=S)N1Cc1ccco1. The van der Waals surface area contributed by atoms with Gasteiger partial charge in [0.15, 0.2) is 0 Å². The molecule has 1 aliphatic heterocycles. The van der Waals surface area contributed by atoms with Crippen LogP contribution >= 0.6 is 24.0 Å². The van der Waals surface area contributed by atoms with Crippen LogP contribution in [0.5, 0.6) is 0 Å². The van der Waals surface area contributed by atoms with E-state index in [0.29, 0.717) is 20.7 Å². The van der Waals surface area contributed by atoms with Crippen molar-refractivity contribution in [2.24, 2.45) is 0 Å². The summed E-state index contributed by atoms with van der Waals surface area (Å²) in [7, 11) is 0. The van der Waals surface area contributed by atoms with Gasteiger partial charge >= 0.3 is 0 Å². The van der Waals surface area contributed by atoms with E-state index < -0.39 is 0 Å². The van der Waals surface area contributed by atoms with Crippen LogP contribution in [0.3, 0.4) is 0 Å². The first kappa shape index (κ1) is 20.4. The summed E-state index contributed by atoms with van der Waals surface area (Å²) in [6.07, 6.45) is 5.20. The molecule has 1 saturated heterocycles. The molecular weight excluding hydrogens is 445 g/mol. The number of para-hydroxylation sites is 1. The van der Waals surface area contributed by atoms with Crippen molar-refractivity contribution in [1.29, 1.82) is 0 Å². The number of halogens is 1. The highest BCUT2D eigenvalue weighted by atomic mass is 32.2. The predicted molar refractivity (Wildman–Crippen MR) is 126 cm³/mol. The number of thiocarbonyl (C=S) groups is 1. The molecule has 5 nitrogen and oxygen atoms in total. The largest absolute Gasteiger partial charge is 0.467 e. The van der Waals surface area contributed by atoms with Gasteiger partial charge in [-0.3, -0.25) is 9.69 Å². The Kier molecular flexibility index (Phi) is 5.46. The predicted octanol–water partition coefficient (Wildman–Crippen LogP) is 5.67. The number of hydrogen-bond acceptors (Lipinski definition) is 5. The molecule has 0 saturated carbocycles. The smallest absolute Gasteiger partial charge is 0.266 e. The fourth-order valence-electron chi connectivity index (χ4n) is 3.37. The fourth-order valence-corrected chi connectivity index (χ4v) is 4.62. The van der Waals surface area contributed by atoms with Crippen LogP contribution < -0.4 is 0 Å². The van der Waals surface area contributed by atoms with Crippen LogP contribution in [0, 0.1) is 5.82 Å². The first-order chi connectivity index (χ1) is 15.6. The van der Waals surface area contributed by atoms with Crippen molar-refractivity contribution in [2.45, 2.75) is 6.54 Å². The molecule has 0 N–H and O–H groups in total. The number of benzene rings is 2. The molecular formula is C24H16FN3O2S2. The van der Waals surface area contributed by atoms with Gasteiger partial charge in [-0.05, 0) is 54.6 Å². The van der Waals surface area contributed by atoms with Crippen molar-refractivity contribution in [3.05, 3.63) is 101 Å². The molecule has 158 valence electrons. The van der Waals surface area contributed by atoms with Crippen molar-refractivity contribution in [3.8, 4) is 16.9 Å². The average Bonchev–Trinajstić information content (AvgIpc) is 3.53. The summed E-state index contributed by atoms with van der Waals surface area (Å²) in [5, 5.41) is 4.71. The van der Waals surface area contributed by atoms with E-state index in [1.807, 2.05) is 36.5 Å². The summed E-state index contributed by atoms with van der Waals surface area (Å²) < 4.78 is 21.1. The maximum atomic E-state index is 13.5. The number of nitrogens with zero attached hydrogens (tertiary/aromatic N) is 3. The van der Waals surface area contributed by atoms with Crippen molar-refractivity contribution in [3.63, 3.8) is 0 Å². The van der Waals surface area contributed by atoms with Gasteiger partial charge in [-0.25, -0.2) is 9.07 Å². The second kappa shape index (κ2) is 8.57. The number of furan rings is 1. The number of carbonyl (C=O) groups is 1. The van der Waals surface area contributed by atoms with E-state index in [1.54, 1.807) is 41.3 Å². The van der Waals surface area contributed by atoms with Crippen molar-refractivity contribution < 1.29 is 13.6 Å². The molecule has 0 spiro atoms. The molecule has 0 aliphatic carbocycles. The molecule has 1 aliphatic rings. The summed E-state index contributed by atoms with van der Waals surface area (Å²) >= 11 is 6.67. The third kappa shape index (κ3) is 4.02. The molecule has 5 rings (SSSR count). The van der Waals surface area contributed by atoms with Crippen LogP contribution in [0.15, 0.2) is 88.5 Å². The lowest BCUT2D eigenvalue weighted by atomic mass is 10.1. The lowest BCUT2D eigenvalue weighted by molar-refractivity contribution is -0.122. The Hall–Kier alpha value is -3.49. The minimum Gasteiger partial charge on any atom is -0.467 e. The molecule has 8 heteroatoms. The highest BCUT2D eigenvalue weighted by molar-refractivity contribution is 8.26. The van der Waals surface area contributed by atoms with Crippen molar-refractivity contribution in [1.82, 2.24) is 14.7 Å². The van der Waals surface area contributed by atoms with Gasteiger partial charge in [-0.15, -0.1) is 0 Å². The Morgan fingerprint density at radius 1 is 1.06 bits per heavy atom. The zero-order chi connectivity index (χ0) is 22.1. The Bertz CT molecular complexity index is 1310. The van der Waals surface area contributed by atoms with Crippen molar-refractivity contribution >= 4 is 40.3 Å². The summed E-state index contributed by atoms with van der Waals surface area (Å²) in [6.45, 7) is 0.281. The van der Waals surface area contributed by atoms with Gasteiger partial charge < -0.3 is 4.42 Å². The number of thioether (sulfide) groups is 1. The highest BCUT2D eigenvalue weighted by Gasteiger charge is 2.33. The van der Waals surface area contributed by atoms with Crippen LogP contribution in [0.2, 0.25) is 0 Å². The summed E-state index contributed by atoms with van der Waals surface area (Å²) in [6, 6.07) is 19.4. The lowest BCUT2D eigenvalue weighted by Crippen LogP contribution is -2.27. The number of hydrogen-bond donors (Lipinski definition) is 0. The van der Waals surface area contributed by atoms with Crippen LogP contribution in [0.1, 0.15) is 11.3 Å². The zero-order valence-electron chi connectivity index (χ0n) is 16.6. The van der Waals surface area contributed by atoms with Gasteiger partial charge in [-0.1, -0.05) is 42.2 Å². The second-order valence-corrected chi connectivity index (χ2v) is 8.74. The van der Waals surface area contributed by atoms with E-state index >= 15 is 0 Å². The molecule has 1 amide bonds. The van der Waals surface area contributed by atoms with E-state index in [2.05, 4.69) is 0 Å². The first-order valence-corrected chi connectivity index (χ1v) is 11.0. The van der Waals surface area contributed by atoms with Gasteiger partial charge in [0.2, 0.25) is 0 Å². The third-order valence-corrected chi connectivity index (χ3v) is 6.31. The maximum Gasteiger partial charge on any atom is 0.266 e. The maximum absolute atomic E-state index is 13.5. The average molecular weight is 462 g/mol. The fraction of sp³-hybridized carbons (Fsp3) is 0.0417. The highest BCUT2D eigenvalue weighted by Crippen LogP contribution is 2.35. The minimum absolute atomic E-state index is 0.186. The van der Waals surface area contributed by atoms with Crippen LogP contribution in [0.25, 0.3) is 23.0 Å². The van der Waals surface area contributed by atoms with E-state index in [-0.39, 0.29) is 18.3 Å². The standard InChI is InChI=1S/C24H16FN3O2S2/c25-18-10-8-16(9-11-18)22-17(14-28(26-22)19-5-2-1-3-6-19)13-21-23(29)27(24(31)32-21)15-20-7-4-12-30-20/h1-14H,15H2. The normalized spacial score (nSPS) is 15.2. The second-order valence-electron chi connectivity index (χ2n) is 7.07. The first-order valence-electron chi connectivity index (χ1n) is 9.77. The molecule has 0 radical (unpaired) electrons. The molecule has 0 atom stereocenters.